The fourth-order valence-electron chi connectivity index (χ4n) is 1.58. The highest BCUT2D eigenvalue weighted by Gasteiger charge is 2.39. The van der Waals surface area contributed by atoms with E-state index < -0.39 is 29.9 Å². The second-order valence-corrected chi connectivity index (χ2v) is 4.93. The van der Waals surface area contributed by atoms with Gasteiger partial charge in [-0.25, -0.2) is 14.5 Å². The summed E-state index contributed by atoms with van der Waals surface area (Å²) in [6.07, 6.45) is -3.29. The number of carbonyl (C=O) groups excluding carboxylic acids is 1. The van der Waals surface area contributed by atoms with Gasteiger partial charge < -0.3 is 20.3 Å². The molecule has 0 radical (unpaired) electrons. The van der Waals surface area contributed by atoms with Crippen molar-refractivity contribution < 1.29 is 24.5 Å². The van der Waals surface area contributed by atoms with Crippen molar-refractivity contribution in [2.24, 2.45) is 0 Å². The van der Waals surface area contributed by atoms with E-state index in [0.29, 0.717) is 4.90 Å². The van der Waals surface area contributed by atoms with Gasteiger partial charge in [0, 0.05) is 13.1 Å². The lowest BCUT2D eigenvalue weighted by Gasteiger charge is -2.29. The van der Waals surface area contributed by atoms with E-state index in [-0.39, 0.29) is 13.1 Å². The predicted molar refractivity (Wildman–Crippen MR) is 58.8 cm³/mol. The molecule has 1 aliphatic heterocycles. The monoisotopic (exact) mass is 246 g/mol. The van der Waals surface area contributed by atoms with Crippen molar-refractivity contribution in [3.8, 4) is 0 Å². The van der Waals surface area contributed by atoms with Gasteiger partial charge in [0.1, 0.15) is 5.60 Å². The average molecular weight is 246 g/mol. The van der Waals surface area contributed by atoms with Crippen LogP contribution in [0.3, 0.4) is 0 Å². The molecule has 0 aromatic rings. The van der Waals surface area contributed by atoms with Gasteiger partial charge in [0.05, 0.1) is 12.1 Å². The van der Waals surface area contributed by atoms with Gasteiger partial charge in [0.2, 0.25) is 0 Å². The van der Waals surface area contributed by atoms with Gasteiger partial charge in [-0.05, 0) is 20.8 Å². The van der Waals surface area contributed by atoms with Crippen molar-refractivity contribution >= 4 is 12.2 Å². The average Bonchev–Trinajstić information content (AvgIpc) is 2.48. The van der Waals surface area contributed by atoms with Gasteiger partial charge in [-0.2, -0.15) is 0 Å². The van der Waals surface area contributed by atoms with E-state index >= 15 is 0 Å². The molecular formula is C10H18N2O5. The molecule has 1 rings (SSSR count). The molecule has 1 heterocycles. The third kappa shape index (κ3) is 3.57. The third-order valence-electron chi connectivity index (χ3n) is 2.28. The van der Waals surface area contributed by atoms with Gasteiger partial charge in [0.15, 0.2) is 0 Å². The molecule has 0 aromatic heterocycles. The first-order valence-corrected chi connectivity index (χ1v) is 5.36. The van der Waals surface area contributed by atoms with Crippen LogP contribution in [0.1, 0.15) is 20.8 Å². The second-order valence-electron chi connectivity index (χ2n) is 4.93. The Morgan fingerprint density at radius 1 is 1.35 bits per heavy atom. The van der Waals surface area contributed by atoms with Crippen molar-refractivity contribution in [3.05, 3.63) is 0 Å². The summed E-state index contributed by atoms with van der Waals surface area (Å²) in [6, 6.07) is -0.803. The Balaban J connectivity index is 2.79. The number of nitrogens with zero attached hydrogens (tertiary/aromatic N) is 1. The van der Waals surface area contributed by atoms with Crippen molar-refractivity contribution in [1.29, 1.82) is 0 Å². The van der Waals surface area contributed by atoms with Crippen LogP contribution in [0.4, 0.5) is 9.59 Å². The van der Waals surface area contributed by atoms with E-state index in [0.717, 1.165) is 0 Å². The molecule has 3 N–H and O–H groups in total. The Morgan fingerprint density at radius 2 is 1.94 bits per heavy atom. The molecule has 1 aliphatic rings. The van der Waals surface area contributed by atoms with Crippen LogP contribution in [0, 0.1) is 0 Å². The highest BCUT2D eigenvalue weighted by molar-refractivity contribution is 5.87. The molecule has 2 amide bonds. The summed E-state index contributed by atoms with van der Waals surface area (Å²) in [5.41, 5.74) is -0.776. The summed E-state index contributed by atoms with van der Waals surface area (Å²) in [5.74, 6) is 0. The lowest BCUT2D eigenvalue weighted by molar-refractivity contribution is 0.00806. The van der Waals surface area contributed by atoms with Crippen LogP contribution >= 0.6 is 0 Å². The molecular weight excluding hydrogens is 228 g/mol. The summed E-state index contributed by atoms with van der Waals surface area (Å²) in [6.45, 7) is 5.43. The molecule has 1 saturated heterocycles. The smallest absolute Gasteiger partial charge is 0.420 e. The molecule has 0 saturated carbocycles. The maximum absolute atomic E-state index is 11.7. The quantitative estimate of drug-likeness (QED) is 0.612. The molecule has 98 valence electrons. The minimum absolute atomic E-state index is 0.229. The molecule has 0 aliphatic carbocycles. The number of β-amino-alcohol motifs (C(OH)–C–C–N with tert-alkyl or cyclic N) is 1. The Hall–Kier alpha value is -1.34. The fourth-order valence-corrected chi connectivity index (χ4v) is 1.58. The van der Waals surface area contributed by atoms with Gasteiger partial charge in [-0.15, -0.1) is 0 Å². The molecule has 2 atom stereocenters. The minimum Gasteiger partial charge on any atom is -0.465 e. The van der Waals surface area contributed by atoms with Crippen LogP contribution in [0.15, 0.2) is 0 Å². The van der Waals surface area contributed by atoms with E-state index in [2.05, 4.69) is 5.32 Å². The molecule has 0 spiro atoms. The number of hydrogen-bond donors (Lipinski definition) is 3. The predicted octanol–water partition coefficient (Wildman–Crippen LogP) is 0.234. The highest BCUT2D eigenvalue weighted by Crippen LogP contribution is 2.15. The number of nitrogens with one attached hydrogen (secondary N) is 1. The standard InChI is InChI=1S/C10H18N2O5/c1-10(2,3)17-9(16)12(8(14)15)6-4-11-5-7(6)13/h6-7,11,13H,4-5H2,1-3H3,(H,14,15)/t6-,7-/m1/s1. The topological polar surface area (TPSA) is 99.1 Å². The zero-order valence-electron chi connectivity index (χ0n) is 10.1. The normalized spacial score (nSPS) is 24.5. The first-order chi connectivity index (χ1) is 7.72. The maximum atomic E-state index is 11.7. The number of aliphatic hydroxyl groups excluding tert-OH is 1. The lowest BCUT2D eigenvalue weighted by atomic mass is 10.2. The number of rotatable bonds is 1. The van der Waals surface area contributed by atoms with Gasteiger partial charge in [-0.3, -0.25) is 0 Å². The van der Waals surface area contributed by atoms with Crippen molar-refractivity contribution in [3.63, 3.8) is 0 Å². The zero-order valence-corrected chi connectivity index (χ0v) is 10.1. The molecule has 1 fully saturated rings. The van der Waals surface area contributed by atoms with E-state index in [1.165, 1.54) is 0 Å². The van der Waals surface area contributed by atoms with Crippen LogP contribution in [0.25, 0.3) is 0 Å². The van der Waals surface area contributed by atoms with Crippen LogP contribution < -0.4 is 5.32 Å². The first kappa shape index (κ1) is 13.7. The SMILES string of the molecule is CC(C)(C)OC(=O)N(C(=O)O)[C@@H]1CNC[C@H]1O. The van der Waals surface area contributed by atoms with E-state index in [1.54, 1.807) is 20.8 Å². The van der Waals surface area contributed by atoms with E-state index in [4.69, 9.17) is 9.84 Å². The Labute approximate surface area is 99.4 Å². The summed E-state index contributed by atoms with van der Waals surface area (Å²) < 4.78 is 4.99. The lowest BCUT2D eigenvalue weighted by Crippen LogP contribution is -2.51. The fraction of sp³-hybridized carbons (Fsp3) is 0.800. The molecule has 0 aromatic carbocycles. The number of carboxylic acid groups (broad SMARTS) is 1. The summed E-state index contributed by atoms with van der Waals surface area (Å²) in [4.78, 5) is 23.3. The van der Waals surface area contributed by atoms with Crippen LogP contribution in [-0.4, -0.2) is 58.1 Å². The van der Waals surface area contributed by atoms with Crippen molar-refractivity contribution in [2.75, 3.05) is 13.1 Å². The van der Waals surface area contributed by atoms with Crippen molar-refractivity contribution in [2.45, 2.75) is 38.5 Å². The first-order valence-electron chi connectivity index (χ1n) is 5.36. The minimum atomic E-state index is -1.42. The van der Waals surface area contributed by atoms with Crippen molar-refractivity contribution in [1.82, 2.24) is 10.2 Å². The zero-order chi connectivity index (χ0) is 13.2. The van der Waals surface area contributed by atoms with Crippen LogP contribution in [0.2, 0.25) is 0 Å². The number of imide groups is 1. The van der Waals surface area contributed by atoms with Crippen LogP contribution in [0.5, 0.6) is 0 Å². The third-order valence-corrected chi connectivity index (χ3v) is 2.28. The Kier molecular flexibility index (Phi) is 3.94. The molecule has 7 nitrogen and oxygen atoms in total. The van der Waals surface area contributed by atoms with E-state index in [1.807, 2.05) is 0 Å². The number of ether oxygens (including phenoxy) is 1. The number of aliphatic hydroxyl groups is 1. The maximum Gasteiger partial charge on any atom is 0.420 e. The molecule has 0 unspecified atom stereocenters. The Bertz CT molecular complexity index is 312. The Morgan fingerprint density at radius 3 is 2.29 bits per heavy atom. The van der Waals surface area contributed by atoms with E-state index in [9.17, 15) is 14.7 Å². The summed E-state index contributed by atoms with van der Waals surface area (Å²) >= 11 is 0. The number of amides is 2. The summed E-state index contributed by atoms with van der Waals surface area (Å²) in [7, 11) is 0. The molecule has 0 bridgehead atoms. The molecule has 7 heteroatoms. The van der Waals surface area contributed by atoms with Gasteiger partial charge in [0.25, 0.3) is 0 Å². The largest absolute Gasteiger partial charge is 0.465 e. The summed E-state index contributed by atoms with van der Waals surface area (Å²) in [5, 5.41) is 21.4. The number of carbonyl (C=O) groups is 2. The van der Waals surface area contributed by atoms with Gasteiger partial charge in [-0.1, -0.05) is 0 Å². The van der Waals surface area contributed by atoms with Crippen LogP contribution in [-0.2, 0) is 4.74 Å². The second kappa shape index (κ2) is 4.89. The van der Waals surface area contributed by atoms with Gasteiger partial charge >= 0.3 is 12.2 Å². The number of hydrogen-bond acceptors (Lipinski definition) is 5. The highest BCUT2D eigenvalue weighted by atomic mass is 16.6. The molecule has 17 heavy (non-hydrogen) atoms.